The average Bonchev–Trinajstić information content (AvgIpc) is 2.98. The summed E-state index contributed by atoms with van der Waals surface area (Å²) >= 11 is 0. The van der Waals surface area contributed by atoms with Gasteiger partial charge in [0.05, 0.1) is 26.9 Å². The first-order valence-corrected chi connectivity index (χ1v) is 7.05. The highest BCUT2D eigenvalue weighted by Crippen LogP contribution is 2.22. The standard InChI is InChI=1S/C15H19N3O3/c1-11-10-20-8-7-18(11)9-14-16-17-15(21-14)12-3-5-13(19-2)6-4-12/h3-6,11H,7-10H2,1-2H3/t11-/m0/s1. The summed E-state index contributed by atoms with van der Waals surface area (Å²) in [6.45, 7) is 5.19. The minimum atomic E-state index is 0.370. The molecule has 1 aliphatic rings. The van der Waals surface area contributed by atoms with E-state index in [1.54, 1.807) is 7.11 Å². The van der Waals surface area contributed by atoms with Crippen molar-refractivity contribution in [2.24, 2.45) is 0 Å². The van der Waals surface area contributed by atoms with E-state index in [9.17, 15) is 0 Å². The quantitative estimate of drug-likeness (QED) is 0.857. The molecule has 0 bridgehead atoms. The van der Waals surface area contributed by atoms with Crippen LogP contribution in [-0.4, -0.2) is 48.0 Å². The maximum absolute atomic E-state index is 5.75. The number of benzene rings is 1. The largest absolute Gasteiger partial charge is 0.497 e. The lowest BCUT2D eigenvalue weighted by molar-refractivity contribution is -0.00777. The fraction of sp³-hybridized carbons (Fsp3) is 0.467. The van der Waals surface area contributed by atoms with Gasteiger partial charge < -0.3 is 13.9 Å². The molecule has 21 heavy (non-hydrogen) atoms. The number of rotatable bonds is 4. The molecule has 1 aliphatic heterocycles. The van der Waals surface area contributed by atoms with Crippen molar-refractivity contribution in [2.45, 2.75) is 19.5 Å². The van der Waals surface area contributed by atoms with Gasteiger partial charge in [0.15, 0.2) is 0 Å². The second kappa shape index (κ2) is 6.24. The van der Waals surface area contributed by atoms with Crippen molar-refractivity contribution in [3.8, 4) is 17.2 Å². The predicted octanol–water partition coefficient (Wildman–Crippen LogP) is 1.97. The van der Waals surface area contributed by atoms with Gasteiger partial charge in [-0.2, -0.15) is 0 Å². The normalized spacial score (nSPS) is 19.6. The molecule has 6 heteroatoms. The molecule has 0 N–H and O–H groups in total. The fourth-order valence-electron chi connectivity index (χ4n) is 2.34. The van der Waals surface area contributed by atoms with Gasteiger partial charge in [-0.3, -0.25) is 4.90 Å². The van der Waals surface area contributed by atoms with Crippen LogP contribution >= 0.6 is 0 Å². The first kappa shape index (κ1) is 14.0. The number of morpholine rings is 1. The number of aromatic nitrogens is 2. The van der Waals surface area contributed by atoms with Crippen LogP contribution in [0, 0.1) is 0 Å². The van der Waals surface area contributed by atoms with Crippen molar-refractivity contribution in [1.29, 1.82) is 0 Å². The van der Waals surface area contributed by atoms with E-state index in [0.29, 0.717) is 24.4 Å². The van der Waals surface area contributed by atoms with Crippen molar-refractivity contribution in [3.05, 3.63) is 30.2 Å². The van der Waals surface area contributed by atoms with Crippen LogP contribution in [0.2, 0.25) is 0 Å². The summed E-state index contributed by atoms with van der Waals surface area (Å²) in [7, 11) is 1.64. The van der Waals surface area contributed by atoms with E-state index in [2.05, 4.69) is 22.0 Å². The van der Waals surface area contributed by atoms with Gasteiger partial charge in [0.1, 0.15) is 5.75 Å². The molecule has 0 spiro atoms. The average molecular weight is 289 g/mol. The first-order chi connectivity index (χ1) is 10.3. The monoisotopic (exact) mass is 289 g/mol. The van der Waals surface area contributed by atoms with E-state index in [4.69, 9.17) is 13.9 Å². The van der Waals surface area contributed by atoms with E-state index < -0.39 is 0 Å². The molecule has 1 aromatic heterocycles. The lowest BCUT2D eigenvalue weighted by Crippen LogP contribution is -2.42. The number of hydrogen-bond donors (Lipinski definition) is 0. The van der Waals surface area contributed by atoms with Gasteiger partial charge in [0.25, 0.3) is 0 Å². The molecular weight excluding hydrogens is 270 g/mol. The lowest BCUT2D eigenvalue weighted by Gasteiger charge is -2.31. The highest BCUT2D eigenvalue weighted by molar-refractivity contribution is 5.53. The smallest absolute Gasteiger partial charge is 0.247 e. The summed E-state index contributed by atoms with van der Waals surface area (Å²) in [4.78, 5) is 2.29. The van der Waals surface area contributed by atoms with Gasteiger partial charge in [-0.25, -0.2) is 0 Å². The van der Waals surface area contributed by atoms with Crippen LogP contribution in [-0.2, 0) is 11.3 Å². The molecule has 1 fully saturated rings. The summed E-state index contributed by atoms with van der Waals surface area (Å²) in [5.41, 5.74) is 0.893. The molecule has 112 valence electrons. The number of methoxy groups -OCH3 is 1. The first-order valence-electron chi connectivity index (χ1n) is 7.05. The third kappa shape index (κ3) is 3.22. The van der Waals surface area contributed by atoms with Crippen LogP contribution in [0.25, 0.3) is 11.5 Å². The highest BCUT2D eigenvalue weighted by Gasteiger charge is 2.21. The van der Waals surface area contributed by atoms with Gasteiger partial charge in [0.2, 0.25) is 11.8 Å². The number of ether oxygens (including phenoxy) is 2. The lowest BCUT2D eigenvalue weighted by atomic mass is 10.2. The van der Waals surface area contributed by atoms with Gasteiger partial charge >= 0.3 is 0 Å². The van der Waals surface area contributed by atoms with Crippen molar-refractivity contribution >= 4 is 0 Å². The highest BCUT2D eigenvalue weighted by atomic mass is 16.5. The minimum Gasteiger partial charge on any atom is -0.497 e. The van der Waals surface area contributed by atoms with Crippen molar-refractivity contribution in [1.82, 2.24) is 15.1 Å². The Balaban J connectivity index is 1.70. The molecule has 2 aromatic rings. The van der Waals surface area contributed by atoms with Gasteiger partial charge in [-0.1, -0.05) is 0 Å². The van der Waals surface area contributed by atoms with Crippen LogP contribution in [0.15, 0.2) is 28.7 Å². The second-order valence-electron chi connectivity index (χ2n) is 5.12. The molecule has 0 aliphatic carbocycles. The van der Waals surface area contributed by atoms with Crippen LogP contribution < -0.4 is 4.74 Å². The molecule has 2 heterocycles. The van der Waals surface area contributed by atoms with Gasteiger partial charge in [0, 0.05) is 18.2 Å². The Bertz CT molecular complexity index is 582. The Kier molecular flexibility index (Phi) is 4.17. The Morgan fingerprint density at radius 1 is 1.29 bits per heavy atom. The van der Waals surface area contributed by atoms with Crippen LogP contribution in [0.1, 0.15) is 12.8 Å². The second-order valence-corrected chi connectivity index (χ2v) is 5.12. The molecular formula is C15H19N3O3. The van der Waals surface area contributed by atoms with Crippen LogP contribution in [0.5, 0.6) is 5.75 Å². The molecule has 0 saturated carbocycles. The minimum absolute atomic E-state index is 0.370. The molecule has 1 atom stereocenters. The summed E-state index contributed by atoms with van der Waals surface area (Å²) in [5, 5.41) is 8.25. The SMILES string of the molecule is COc1ccc(-c2nnc(CN3CCOC[C@@H]3C)o2)cc1. The van der Waals surface area contributed by atoms with Crippen molar-refractivity contribution < 1.29 is 13.9 Å². The molecule has 1 saturated heterocycles. The third-order valence-corrected chi connectivity index (χ3v) is 3.65. The summed E-state index contributed by atoms with van der Waals surface area (Å²) < 4.78 is 16.3. The number of hydrogen-bond acceptors (Lipinski definition) is 6. The Morgan fingerprint density at radius 2 is 2.10 bits per heavy atom. The van der Waals surface area contributed by atoms with Gasteiger partial charge in [-0.05, 0) is 31.2 Å². The summed E-state index contributed by atoms with van der Waals surface area (Å²) in [6.07, 6.45) is 0. The Labute approximate surface area is 123 Å². The fourth-order valence-corrected chi connectivity index (χ4v) is 2.34. The zero-order chi connectivity index (χ0) is 14.7. The zero-order valence-electron chi connectivity index (χ0n) is 12.3. The van der Waals surface area contributed by atoms with E-state index >= 15 is 0 Å². The van der Waals surface area contributed by atoms with E-state index in [1.807, 2.05) is 24.3 Å². The summed E-state index contributed by atoms with van der Waals surface area (Å²) in [6, 6.07) is 7.95. The Morgan fingerprint density at radius 3 is 2.81 bits per heavy atom. The van der Waals surface area contributed by atoms with E-state index in [-0.39, 0.29) is 0 Å². The van der Waals surface area contributed by atoms with Crippen LogP contribution in [0.4, 0.5) is 0 Å². The molecule has 0 amide bonds. The number of nitrogens with zero attached hydrogens (tertiary/aromatic N) is 3. The van der Waals surface area contributed by atoms with E-state index in [0.717, 1.165) is 31.1 Å². The maximum atomic E-state index is 5.75. The van der Waals surface area contributed by atoms with E-state index in [1.165, 1.54) is 0 Å². The molecule has 1 aromatic carbocycles. The molecule has 0 unspecified atom stereocenters. The molecule has 0 radical (unpaired) electrons. The maximum Gasteiger partial charge on any atom is 0.247 e. The van der Waals surface area contributed by atoms with Crippen molar-refractivity contribution in [3.63, 3.8) is 0 Å². The van der Waals surface area contributed by atoms with Crippen molar-refractivity contribution in [2.75, 3.05) is 26.9 Å². The zero-order valence-corrected chi connectivity index (χ0v) is 12.3. The topological polar surface area (TPSA) is 60.6 Å². The van der Waals surface area contributed by atoms with Crippen LogP contribution in [0.3, 0.4) is 0 Å². The third-order valence-electron chi connectivity index (χ3n) is 3.65. The molecule has 3 rings (SSSR count). The molecule has 6 nitrogen and oxygen atoms in total. The summed E-state index contributed by atoms with van der Waals surface area (Å²) in [5.74, 6) is 1.98. The predicted molar refractivity (Wildman–Crippen MR) is 77.0 cm³/mol. The Hall–Kier alpha value is -1.92. The van der Waals surface area contributed by atoms with Gasteiger partial charge in [-0.15, -0.1) is 10.2 Å².